The minimum absolute atomic E-state index is 0. The second-order valence-electron chi connectivity index (χ2n) is 5.68. The first-order valence-electron chi connectivity index (χ1n) is 6.66. The van der Waals surface area contributed by atoms with Gasteiger partial charge in [-0.1, -0.05) is 31.9 Å². The zero-order chi connectivity index (χ0) is 11.7. The highest BCUT2D eigenvalue weighted by atomic mass is 14.3. The fourth-order valence-electron chi connectivity index (χ4n) is 2.99. The molecule has 1 aromatic rings. The number of aryl methyl sites for hydroxylation is 1. The normalized spacial score (nSPS) is 25.8. The van der Waals surface area contributed by atoms with Gasteiger partial charge in [-0.15, -0.1) is 0 Å². The Morgan fingerprint density at radius 1 is 0.938 bits per heavy atom. The average molecular weight is 218 g/mol. The predicted molar refractivity (Wildman–Crippen MR) is 73.1 cm³/mol. The lowest BCUT2D eigenvalue weighted by Crippen LogP contribution is -2.12. The van der Waals surface area contributed by atoms with E-state index in [1.165, 1.54) is 36.8 Å². The maximum absolute atomic E-state index is 2.39. The lowest BCUT2D eigenvalue weighted by molar-refractivity contribution is 0.347. The fourth-order valence-corrected chi connectivity index (χ4v) is 2.99. The highest BCUT2D eigenvalue weighted by molar-refractivity contribution is 5.40. The van der Waals surface area contributed by atoms with E-state index in [1.54, 1.807) is 11.1 Å². The van der Waals surface area contributed by atoms with E-state index in [1.807, 2.05) is 0 Å². The van der Waals surface area contributed by atoms with E-state index in [2.05, 4.69) is 39.8 Å². The van der Waals surface area contributed by atoms with Crippen molar-refractivity contribution in [1.82, 2.24) is 0 Å². The predicted octanol–water partition coefficient (Wildman–Crippen LogP) is 5.15. The standard InChI is InChI=1S/C16H24.H2/c1-11-5-8-15(9-6-11)16-10-7-12(2)13(3)14(16)4;/h7,10-11,15H,5-6,8-9H2,1-4H3;1H. The molecule has 1 aromatic carbocycles. The van der Waals surface area contributed by atoms with Gasteiger partial charge in [0.1, 0.15) is 0 Å². The Bertz CT molecular complexity index is 373. The van der Waals surface area contributed by atoms with Crippen molar-refractivity contribution in [3.63, 3.8) is 0 Å². The van der Waals surface area contributed by atoms with Gasteiger partial charge in [0.2, 0.25) is 0 Å². The second kappa shape index (κ2) is 4.61. The van der Waals surface area contributed by atoms with Crippen molar-refractivity contribution in [2.75, 3.05) is 0 Å². The highest BCUT2D eigenvalue weighted by Crippen LogP contribution is 2.37. The summed E-state index contributed by atoms with van der Waals surface area (Å²) in [4.78, 5) is 0. The van der Waals surface area contributed by atoms with Crippen molar-refractivity contribution in [1.29, 1.82) is 0 Å². The number of benzene rings is 1. The van der Waals surface area contributed by atoms with Crippen LogP contribution in [0.5, 0.6) is 0 Å². The molecule has 0 nitrogen and oxygen atoms in total. The Hall–Kier alpha value is -0.780. The Kier molecular flexibility index (Phi) is 3.37. The lowest BCUT2D eigenvalue weighted by Gasteiger charge is -2.28. The zero-order valence-corrected chi connectivity index (χ0v) is 11.1. The van der Waals surface area contributed by atoms with Crippen LogP contribution >= 0.6 is 0 Å². The van der Waals surface area contributed by atoms with E-state index >= 15 is 0 Å². The van der Waals surface area contributed by atoms with Crippen LogP contribution in [0.1, 0.15) is 62.2 Å². The first-order valence-corrected chi connectivity index (χ1v) is 6.66. The van der Waals surface area contributed by atoms with Crippen LogP contribution in [0.15, 0.2) is 12.1 Å². The minimum atomic E-state index is 0. The fraction of sp³-hybridized carbons (Fsp3) is 0.625. The Morgan fingerprint density at radius 3 is 2.19 bits per heavy atom. The number of rotatable bonds is 1. The third kappa shape index (κ3) is 2.16. The molecule has 0 radical (unpaired) electrons. The van der Waals surface area contributed by atoms with Crippen molar-refractivity contribution in [3.8, 4) is 0 Å². The van der Waals surface area contributed by atoms with Crippen LogP contribution < -0.4 is 0 Å². The van der Waals surface area contributed by atoms with E-state index in [0.29, 0.717) is 0 Å². The van der Waals surface area contributed by atoms with Crippen LogP contribution in [0.3, 0.4) is 0 Å². The van der Waals surface area contributed by atoms with Crippen LogP contribution in [0, 0.1) is 26.7 Å². The molecule has 0 bridgehead atoms. The van der Waals surface area contributed by atoms with Crippen LogP contribution in [0.2, 0.25) is 0 Å². The molecule has 90 valence electrons. The van der Waals surface area contributed by atoms with E-state index < -0.39 is 0 Å². The summed E-state index contributed by atoms with van der Waals surface area (Å²) >= 11 is 0. The van der Waals surface area contributed by atoms with Crippen molar-refractivity contribution in [2.24, 2.45) is 5.92 Å². The Labute approximate surface area is 102 Å². The van der Waals surface area contributed by atoms with Crippen LogP contribution in [-0.4, -0.2) is 0 Å². The summed E-state index contributed by atoms with van der Waals surface area (Å²) in [6.07, 6.45) is 5.61. The Morgan fingerprint density at radius 2 is 1.56 bits per heavy atom. The third-order valence-corrected chi connectivity index (χ3v) is 4.56. The average Bonchev–Trinajstić information content (AvgIpc) is 2.28. The summed E-state index contributed by atoms with van der Waals surface area (Å²) in [5, 5.41) is 0. The van der Waals surface area contributed by atoms with Crippen LogP contribution in [-0.2, 0) is 0 Å². The highest BCUT2D eigenvalue weighted by Gasteiger charge is 2.21. The molecule has 1 fully saturated rings. The summed E-state index contributed by atoms with van der Waals surface area (Å²) in [5.41, 5.74) is 6.09. The molecular weight excluding hydrogens is 192 g/mol. The molecule has 1 saturated carbocycles. The quantitative estimate of drug-likeness (QED) is 0.611. The van der Waals surface area contributed by atoms with Crippen molar-refractivity contribution in [2.45, 2.75) is 59.3 Å². The van der Waals surface area contributed by atoms with Gasteiger partial charge in [0.25, 0.3) is 0 Å². The van der Waals surface area contributed by atoms with Gasteiger partial charge in [0.05, 0.1) is 0 Å². The lowest BCUT2D eigenvalue weighted by atomic mass is 9.77. The van der Waals surface area contributed by atoms with E-state index in [0.717, 1.165) is 11.8 Å². The zero-order valence-electron chi connectivity index (χ0n) is 11.1. The topological polar surface area (TPSA) is 0 Å². The molecule has 0 N–H and O–H groups in total. The summed E-state index contributed by atoms with van der Waals surface area (Å²) in [7, 11) is 0. The van der Waals surface area contributed by atoms with Crippen molar-refractivity contribution in [3.05, 3.63) is 34.4 Å². The second-order valence-corrected chi connectivity index (χ2v) is 5.68. The molecule has 1 aliphatic rings. The van der Waals surface area contributed by atoms with Gasteiger partial charge in [-0.2, -0.15) is 0 Å². The van der Waals surface area contributed by atoms with Crippen LogP contribution in [0.25, 0.3) is 0 Å². The maximum Gasteiger partial charge on any atom is 0 e. The summed E-state index contributed by atoms with van der Waals surface area (Å²) in [6, 6.07) is 4.67. The molecule has 16 heavy (non-hydrogen) atoms. The number of hydrogen-bond donors (Lipinski definition) is 0. The smallest absolute Gasteiger partial charge is 0 e. The molecule has 0 unspecified atom stereocenters. The molecule has 0 aliphatic heterocycles. The van der Waals surface area contributed by atoms with E-state index in [-0.39, 0.29) is 1.43 Å². The molecule has 0 heteroatoms. The molecule has 0 spiro atoms. The Balaban J connectivity index is 0.00000144. The molecule has 0 heterocycles. The van der Waals surface area contributed by atoms with Gasteiger partial charge in [0.15, 0.2) is 0 Å². The summed E-state index contributed by atoms with van der Waals surface area (Å²) in [5.74, 6) is 1.78. The third-order valence-electron chi connectivity index (χ3n) is 4.56. The van der Waals surface area contributed by atoms with Gasteiger partial charge in [-0.05, 0) is 67.7 Å². The maximum atomic E-state index is 2.39. The number of hydrogen-bond acceptors (Lipinski definition) is 0. The van der Waals surface area contributed by atoms with Crippen LogP contribution in [0.4, 0.5) is 0 Å². The first kappa shape index (κ1) is 11.7. The minimum Gasteiger partial charge on any atom is -0.0625 e. The van der Waals surface area contributed by atoms with Gasteiger partial charge in [-0.25, -0.2) is 0 Å². The van der Waals surface area contributed by atoms with Gasteiger partial charge in [0, 0.05) is 1.43 Å². The van der Waals surface area contributed by atoms with Crippen molar-refractivity contribution < 1.29 is 1.43 Å². The summed E-state index contributed by atoms with van der Waals surface area (Å²) in [6.45, 7) is 9.17. The molecule has 0 amide bonds. The molecular formula is C16H26. The molecule has 0 atom stereocenters. The molecule has 1 aliphatic carbocycles. The molecule has 0 saturated heterocycles. The van der Waals surface area contributed by atoms with Gasteiger partial charge in [-0.3, -0.25) is 0 Å². The summed E-state index contributed by atoms with van der Waals surface area (Å²) < 4.78 is 0. The van der Waals surface area contributed by atoms with E-state index in [4.69, 9.17) is 0 Å². The van der Waals surface area contributed by atoms with Gasteiger partial charge < -0.3 is 0 Å². The van der Waals surface area contributed by atoms with E-state index in [9.17, 15) is 0 Å². The largest absolute Gasteiger partial charge is 0.0625 e. The van der Waals surface area contributed by atoms with Gasteiger partial charge >= 0.3 is 0 Å². The molecule has 2 rings (SSSR count). The molecule has 0 aromatic heterocycles. The monoisotopic (exact) mass is 218 g/mol. The first-order chi connectivity index (χ1) is 7.59. The van der Waals surface area contributed by atoms with Crippen molar-refractivity contribution >= 4 is 0 Å². The SMILES string of the molecule is Cc1ccc(C2CCC(C)CC2)c(C)c1C.[HH].